The second kappa shape index (κ2) is 8.90. The second-order valence-corrected chi connectivity index (χ2v) is 7.18. The summed E-state index contributed by atoms with van der Waals surface area (Å²) in [5.74, 6) is -0.790. The Morgan fingerprint density at radius 2 is 1.34 bits per heavy atom. The van der Waals surface area contributed by atoms with E-state index in [1.807, 2.05) is 0 Å². The Kier molecular flexibility index (Phi) is 6.32. The molecule has 3 aromatic rings. The molecule has 3 aromatic carbocycles. The molecule has 5 nitrogen and oxygen atoms in total. The third-order valence-electron chi connectivity index (χ3n) is 4.16. The van der Waals surface area contributed by atoms with E-state index in [0.717, 1.165) is 5.56 Å². The molecule has 0 aromatic heterocycles. The minimum atomic E-state index is -0.417. The molecule has 0 aliphatic heterocycles. The molecule has 0 atom stereocenters. The monoisotopic (exact) mass is 425 g/mol. The van der Waals surface area contributed by atoms with Crippen molar-refractivity contribution in [1.29, 1.82) is 5.41 Å². The van der Waals surface area contributed by atoms with E-state index < -0.39 is 5.91 Å². The number of rotatable bonds is 5. The number of carbonyl (C=O) groups is 2. The summed E-state index contributed by atoms with van der Waals surface area (Å²) in [6.45, 7) is 1.67. The SMILES string of the molecule is CC(=N)c1ccc(C(=O)Nc2ccc(Cl)cc2C(=O)Nc2ccc(Cl)cc2)cc1. The van der Waals surface area contributed by atoms with E-state index in [0.29, 0.717) is 32.7 Å². The van der Waals surface area contributed by atoms with Crippen molar-refractivity contribution in [3.8, 4) is 0 Å². The molecule has 146 valence electrons. The molecule has 3 N–H and O–H groups in total. The van der Waals surface area contributed by atoms with Crippen molar-refractivity contribution in [2.75, 3.05) is 10.6 Å². The van der Waals surface area contributed by atoms with Crippen molar-refractivity contribution in [2.45, 2.75) is 6.92 Å². The molecule has 0 fully saturated rings. The van der Waals surface area contributed by atoms with Crippen LogP contribution in [0.2, 0.25) is 10.0 Å². The van der Waals surface area contributed by atoms with Gasteiger partial charge in [-0.1, -0.05) is 35.3 Å². The minimum Gasteiger partial charge on any atom is -0.322 e. The van der Waals surface area contributed by atoms with E-state index in [9.17, 15) is 9.59 Å². The Morgan fingerprint density at radius 1 is 0.759 bits per heavy atom. The van der Waals surface area contributed by atoms with Gasteiger partial charge in [0.1, 0.15) is 0 Å². The van der Waals surface area contributed by atoms with Gasteiger partial charge >= 0.3 is 0 Å². The average Bonchev–Trinajstić information content (AvgIpc) is 2.71. The van der Waals surface area contributed by atoms with Crippen LogP contribution in [0.15, 0.2) is 66.7 Å². The van der Waals surface area contributed by atoms with Crippen LogP contribution in [-0.2, 0) is 0 Å². The first kappa shape index (κ1) is 20.6. The lowest BCUT2D eigenvalue weighted by Gasteiger charge is -2.12. The summed E-state index contributed by atoms with van der Waals surface area (Å²) in [4.78, 5) is 25.3. The molecule has 0 aliphatic carbocycles. The molecule has 7 heteroatoms. The van der Waals surface area contributed by atoms with Crippen molar-refractivity contribution in [3.63, 3.8) is 0 Å². The third-order valence-corrected chi connectivity index (χ3v) is 4.64. The number of nitrogens with one attached hydrogen (secondary N) is 3. The molecular formula is C22H17Cl2N3O2. The summed E-state index contributed by atoms with van der Waals surface area (Å²) in [6.07, 6.45) is 0. The van der Waals surface area contributed by atoms with Crippen molar-refractivity contribution in [1.82, 2.24) is 0 Å². The van der Waals surface area contributed by atoms with Crippen LogP contribution in [0.25, 0.3) is 0 Å². The molecule has 0 heterocycles. The predicted octanol–water partition coefficient (Wildman–Crippen LogP) is 5.89. The van der Waals surface area contributed by atoms with E-state index >= 15 is 0 Å². The van der Waals surface area contributed by atoms with Gasteiger partial charge in [0.05, 0.1) is 11.3 Å². The van der Waals surface area contributed by atoms with Crippen LogP contribution in [0.3, 0.4) is 0 Å². The fraction of sp³-hybridized carbons (Fsp3) is 0.0455. The van der Waals surface area contributed by atoms with Gasteiger partial charge in [-0.15, -0.1) is 0 Å². The topological polar surface area (TPSA) is 82.1 Å². The zero-order valence-corrected chi connectivity index (χ0v) is 16.9. The number of carbonyl (C=O) groups excluding carboxylic acids is 2. The Bertz CT molecular complexity index is 1080. The highest BCUT2D eigenvalue weighted by Crippen LogP contribution is 2.23. The molecule has 0 aliphatic rings. The normalized spacial score (nSPS) is 10.3. The zero-order chi connectivity index (χ0) is 21.0. The molecule has 0 unspecified atom stereocenters. The second-order valence-electron chi connectivity index (χ2n) is 6.31. The van der Waals surface area contributed by atoms with Gasteiger partial charge in [0.2, 0.25) is 0 Å². The summed E-state index contributed by atoms with van der Waals surface area (Å²) >= 11 is 11.9. The van der Waals surface area contributed by atoms with Gasteiger partial charge in [-0.25, -0.2) is 0 Å². The number of hydrogen-bond donors (Lipinski definition) is 3. The van der Waals surface area contributed by atoms with Crippen LogP contribution in [-0.4, -0.2) is 17.5 Å². The lowest BCUT2D eigenvalue weighted by molar-refractivity contribution is 0.102. The minimum absolute atomic E-state index is 0.229. The van der Waals surface area contributed by atoms with Gasteiger partial charge < -0.3 is 16.0 Å². The lowest BCUT2D eigenvalue weighted by Crippen LogP contribution is -2.18. The molecule has 0 saturated heterocycles. The first-order chi connectivity index (χ1) is 13.8. The Hall–Kier alpha value is -3.15. The van der Waals surface area contributed by atoms with Crippen molar-refractivity contribution in [2.24, 2.45) is 0 Å². The lowest BCUT2D eigenvalue weighted by atomic mass is 10.1. The van der Waals surface area contributed by atoms with Gasteiger partial charge in [0.15, 0.2) is 0 Å². The largest absolute Gasteiger partial charge is 0.322 e. The number of amides is 2. The maximum atomic E-state index is 12.7. The molecular weight excluding hydrogens is 409 g/mol. The van der Waals surface area contributed by atoms with Gasteiger partial charge in [0.25, 0.3) is 11.8 Å². The average molecular weight is 426 g/mol. The van der Waals surface area contributed by atoms with Gasteiger partial charge in [0, 0.05) is 27.0 Å². The van der Waals surface area contributed by atoms with E-state index in [1.165, 1.54) is 6.07 Å². The first-order valence-electron chi connectivity index (χ1n) is 8.67. The molecule has 29 heavy (non-hydrogen) atoms. The summed E-state index contributed by atoms with van der Waals surface area (Å²) in [5, 5.41) is 14.1. The fourth-order valence-corrected chi connectivity index (χ4v) is 2.91. The zero-order valence-electron chi connectivity index (χ0n) is 15.4. The number of benzene rings is 3. The van der Waals surface area contributed by atoms with Gasteiger partial charge in [-0.05, 0) is 67.1 Å². The van der Waals surface area contributed by atoms with E-state index in [4.69, 9.17) is 28.6 Å². The highest BCUT2D eigenvalue weighted by atomic mass is 35.5. The van der Waals surface area contributed by atoms with Gasteiger partial charge in [-0.2, -0.15) is 0 Å². The Labute approximate surface area is 178 Å². The van der Waals surface area contributed by atoms with Crippen LogP contribution in [0.4, 0.5) is 11.4 Å². The molecule has 2 amide bonds. The number of hydrogen-bond acceptors (Lipinski definition) is 3. The Morgan fingerprint density at radius 3 is 1.97 bits per heavy atom. The maximum absolute atomic E-state index is 12.7. The van der Waals surface area contributed by atoms with Crippen molar-refractivity contribution < 1.29 is 9.59 Å². The maximum Gasteiger partial charge on any atom is 0.257 e. The molecule has 3 rings (SSSR count). The van der Waals surface area contributed by atoms with E-state index in [2.05, 4.69) is 10.6 Å². The van der Waals surface area contributed by atoms with Crippen LogP contribution < -0.4 is 10.6 Å². The number of halogens is 2. The molecule has 0 saturated carbocycles. The Balaban J connectivity index is 1.82. The predicted molar refractivity (Wildman–Crippen MR) is 118 cm³/mol. The summed E-state index contributed by atoms with van der Waals surface area (Å²) in [7, 11) is 0. The standard InChI is InChI=1S/C22H17Cl2N3O2/c1-13(25)14-2-4-15(5-3-14)21(28)27-20-11-8-17(24)12-19(20)22(29)26-18-9-6-16(23)7-10-18/h2-12,25H,1H3,(H,26,29)(H,27,28). The van der Waals surface area contributed by atoms with Crippen molar-refractivity contribution in [3.05, 3.63) is 93.5 Å². The smallest absolute Gasteiger partial charge is 0.257 e. The van der Waals surface area contributed by atoms with Gasteiger partial charge in [-0.3, -0.25) is 9.59 Å². The van der Waals surface area contributed by atoms with E-state index in [1.54, 1.807) is 67.6 Å². The summed E-state index contributed by atoms with van der Waals surface area (Å²) < 4.78 is 0. The van der Waals surface area contributed by atoms with Crippen molar-refractivity contribution >= 4 is 52.1 Å². The number of anilines is 2. The summed E-state index contributed by atoms with van der Waals surface area (Å²) in [5.41, 5.74) is 2.68. The highest BCUT2D eigenvalue weighted by molar-refractivity contribution is 6.31. The first-order valence-corrected chi connectivity index (χ1v) is 9.42. The molecule has 0 spiro atoms. The van der Waals surface area contributed by atoms with Crippen LogP contribution in [0.5, 0.6) is 0 Å². The van der Waals surface area contributed by atoms with Crippen LogP contribution >= 0.6 is 23.2 Å². The van der Waals surface area contributed by atoms with Crippen LogP contribution in [0.1, 0.15) is 33.2 Å². The van der Waals surface area contributed by atoms with Crippen LogP contribution in [0, 0.1) is 5.41 Å². The van der Waals surface area contributed by atoms with E-state index in [-0.39, 0.29) is 11.5 Å². The third kappa shape index (κ3) is 5.22. The highest BCUT2D eigenvalue weighted by Gasteiger charge is 2.16. The molecule has 0 radical (unpaired) electrons. The molecule has 0 bridgehead atoms. The summed E-state index contributed by atoms with van der Waals surface area (Å²) in [6, 6.07) is 18.0. The fourth-order valence-electron chi connectivity index (χ4n) is 2.61. The quantitative estimate of drug-likeness (QED) is 0.445.